The van der Waals surface area contributed by atoms with Crippen molar-refractivity contribution in [2.75, 3.05) is 6.54 Å². The molecule has 0 bridgehead atoms. The molecular weight excluding hydrogens is 150 g/mol. The standard InChI is InChI=1S/C10H23NO/c1-5-9(6-2)10(7-11)12-8(3)4/h8-10H,5-7,11H2,1-4H3. The average Bonchev–Trinajstić information content (AvgIpc) is 2.04. The third-order valence-electron chi connectivity index (χ3n) is 2.25. The highest BCUT2D eigenvalue weighted by molar-refractivity contribution is 4.69. The molecule has 0 aromatic carbocycles. The Morgan fingerprint density at radius 1 is 1.17 bits per heavy atom. The monoisotopic (exact) mass is 173 g/mol. The molecule has 0 spiro atoms. The second-order valence-electron chi connectivity index (χ2n) is 3.54. The summed E-state index contributed by atoms with van der Waals surface area (Å²) < 4.78 is 5.72. The second kappa shape index (κ2) is 6.44. The van der Waals surface area contributed by atoms with E-state index in [1.54, 1.807) is 0 Å². The summed E-state index contributed by atoms with van der Waals surface area (Å²) in [4.78, 5) is 0. The molecule has 0 aromatic rings. The molecule has 0 saturated heterocycles. The molecular formula is C10H23NO. The number of rotatable bonds is 6. The maximum Gasteiger partial charge on any atom is 0.0728 e. The van der Waals surface area contributed by atoms with Gasteiger partial charge in [-0.1, -0.05) is 26.7 Å². The van der Waals surface area contributed by atoms with E-state index < -0.39 is 0 Å². The first kappa shape index (κ1) is 11.9. The Balaban J connectivity index is 3.92. The van der Waals surface area contributed by atoms with E-state index in [2.05, 4.69) is 27.7 Å². The Kier molecular flexibility index (Phi) is 6.39. The summed E-state index contributed by atoms with van der Waals surface area (Å²) in [5, 5.41) is 0. The van der Waals surface area contributed by atoms with Gasteiger partial charge in [0, 0.05) is 6.54 Å². The number of ether oxygens (including phenoxy) is 1. The van der Waals surface area contributed by atoms with Gasteiger partial charge in [-0.3, -0.25) is 0 Å². The molecule has 2 N–H and O–H groups in total. The van der Waals surface area contributed by atoms with E-state index in [0.29, 0.717) is 18.6 Å². The highest BCUT2D eigenvalue weighted by Gasteiger charge is 2.18. The molecule has 2 nitrogen and oxygen atoms in total. The van der Waals surface area contributed by atoms with Crippen LogP contribution < -0.4 is 5.73 Å². The fourth-order valence-electron chi connectivity index (χ4n) is 1.52. The first-order chi connectivity index (χ1) is 5.65. The summed E-state index contributed by atoms with van der Waals surface area (Å²) in [5.41, 5.74) is 5.65. The highest BCUT2D eigenvalue weighted by atomic mass is 16.5. The van der Waals surface area contributed by atoms with E-state index >= 15 is 0 Å². The number of nitrogens with two attached hydrogens (primary N) is 1. The van der Waals surface area contributed by atoms with Crippen molar-refractivity contribution >= 4 is 0 Å². The molecule has 0 aromatic heterocycles. The van der Waals surface area contributed by atoms with Gasteiger partial charge in [-0.25, -0.2) is 0 Å². The summed E-state index contributed by atoms with van der Waals surface area (Å²) in [6.07, 6.45) is 2.86. The Hall–Kier alpha value is -0.0800. The van der Waals surface area contributed by atoms with Gasteiger partial charge in [-0.15, -0.1) is 0 Å². The molecule has 74 valence electrons. The Bertz CT molecular complexity index is 100. The van der Waals surface area contributed by atoms with Crippen LogP contribution in [0.25, 0.3) is 0 Å². The smallest absolute Gasteiger partial charge is 0.0728 e. The highest BCUT2D eigenvalue weighted by Crippen LogP contribution is 2.16. The molecule has 0 rings (SSSR count). The molecule has 0 amide bonds. The van der Waals surface area contributed by atoms with Gasteiger partial charge >= 0.3 is 0 Å². The molecule has 1 unspecified atom stereocenters. The van der Waals surface area contributed by atoms with Crippen LogP contribution in [0.5, 0.6) is 0 Å². The van der Waals surface area contributed by atoms with Crippen LogP contribution >= 0.6 is 0 Å². The van der Waals surface area contributed by atoms with Crippen LogP contribution in [0.15, 0.2) is 0 Å². The zero-order valence-electron chi connectivity index (χ0n) is 8.84. The fourth-order valence-corrected chi connectivity index (χ4v) is 1.52. The van der Waals surface area contributed by atoms with Crippen molar-refractivity contribution in [3.63, 3.8) is 0 Å². The lowest BCUT2D eigenvalue weighted by Gasteiger charge is -2.26. The molecule has 0 radical (unpaired) electrons. The summed E-state index contributed by atoms with van der Waals surface area (Å²) in [5.74, 6) is 0.623. The van der Waals surface area contributed by atoms with Crippen molar-refractivity contribution in [1.29, 1.82) is 0 Å². The minimum Gasteiger partial charge on any atom is -0.374 e. The lowest BCUT2D eigenvalue weighted by Crippen LogP contribution is -2.33. The first-order valence-electron chi connectivity index (χ1n) is 5.01. The SMILES string of the molecule is CCC(CC)C(CN)OC(C)C. The van der Waals surface area contributed by atoms with Crippen molar-refractivity contribution in [3.8, 4) is 0 Å². The number of hydrogen-bond acceptors (Lipinski definition) is 2. The first-order valence-corrected chi connectivity index (χ1v) is 5.01. The molecule has 0 saturated carbocycles. The van der Waals surface area contributed by atoms with E-state index in [1.165, 1.54) is 0 Å². The van der Waals surface area contributed by atoms with Crippen LogP contribution in [0.4, 0.5) is 0 Å². The third kappa shape index (κ3) is 4.07. The van der Waals surface area contributed by atoms with Crippen molar-refractivity contribution in [2.24, 2.45) is 11.7 Å². The van der Waals surface area contributed by atoms with Crippen LogP contribution in [-0.2, 0) is 4.74 Å². The van der Waals surface area contributed by atoms with Crippen LogP contribution in [-0.4, -0.2) is 18.8 Å². The molecule has 0 aliphatic rings. The summed E-state index contributed by atoms with van der Waals surface area (Å²) in [7, 11) is 0. The quantitative estimate of drug-likeness (QED) is 0.668. The van der Waals surface area contributed by atoms with Crippen LogP contribution in [0.3, 0.4) is 0 Å². The van der Waals surface area contributed by atoms with E-state index in [9.17, 15) is 0 Å². The third-order valence-corrected chi connectivity index (χ3v) is 2.25. The van der Waals surface area contributed by atoms with E-state index in [-0.39, 0.29) is 6.10 Å². The molecule has 0 fully saturated rings. The van der Waals surface area contributed by atoms with Gasteiger partial charge in [0.25, 0.3) is 0 Å². The predicted molar refractivity (Wildman–Crippen MR) is 53.1 cm³/mol. The van der Waals surface area contributed by atoms with Crippen molar-refractivity contribution in [3.05, 3.63) is 0 Å². The van der Waals surface area contributed by atoms with Gasteiger partial charge in [0.2, 0.25) is 0 Å². The topological polar surface area (TPSA) is 35.2 Å². The van der Waals surface area contributed by atoms with Gasteiger partial charge < -0.3 is 10.5 Å². The Labute approximate surface area is 76.5 Å². The molecule has 0 aliphatic carbocycles. The van der Waals surface area contributed by atoms with Gasteiger partial charge in [0.15, 0.2) is 0 Å². The van der Waals surface area contributed by atoms with Crippen LogP contribution in [0.1, 0.15) is 40.5 Å². The Morgan fingerprint density at radius 3 is 1.92 bits per heavy atom. The average molecular weight is 173 g/mol. The molecule has 0 aliphatic heterocycles. The lowest BCUT2D eigenvalue weighted by atomic mass is 9.96. The van der Waals surface area contributed by atoms with Gasteiger partial charge in [0.05, 0.1) is 12.2 Å². The van der Waals surface area contributed by atoms with E-state index in [1.807, 2.05) is 0 Å². The minimum absolute atomic E-state index is 0.250. The van der Waals surface area contributed by atoms with Gasteiger partial charge in [0.1, 0.15) is 0 Å². The molecule has 0 heterocycles. The molecule has 1 atom stereocenters. The van der Waals surface area contributed by atoms with E-state index in [4.69, 9.17) is 10.5 Å². The minimum atomic E-state index is 0.250. The van der Waals surface area contributed by atoms with Crippen LogP contribution in [0.2, 0.25) is 0 Å². The summed E-state index contributed by atoms with van der Waals surface area (Å²) in [6.45, 7) is 9.15. The molecule has 2 heteroatoms. The largest absolute Gasteiger partial charge is 0.374 e. The van der Waals surface area contributed by atoms with Crippen molar-refractivity contribution < 1.29 is 4.74 Å². The van der Waals surface area contributed by atoms with E-state index in [0.717, 1.165) is 12.8 Å². The lowest BCUT2D eigenvalue weighted by molar-refractivity contribution is -0.0226. The van der Waals surface area contributed by atoms with Crippen molar-refractivity contribution in [1.82, 2.24) is 0 Å². The summed E-state index contributed by atoms with van der Waals surface area (Å²) in [6, 6.07) is 0. The second-order valence-corrected chi connectivity index (χ2v) is 3.54. The maximum atomic E-state index is 5.72. The number of hydrogen-bond donors (Lipinski definition) is 1. The summed E-state index contributed by atoms with van der Waals surface area (Å²) >= 11 is 0. The fraction of sp³-hybridized carbons (Fsp3) is 1.00. The van der Waals surface area contributed by atoms with Gasteiger partial charge in [-0.2, -0.15) is 0 Å². The molecule has 12 heavy (non-hydrogen) atoms. The Morgan fingerprint density at radius 2 is 1.67 bits per heavy atom. The predicted octanol–water partition coefficient (Wildman–Crippen LogP) is 2.17. The van der Waals surface area contributed by atoms with Crippen molar-refractivity contribution in [2.45, 2.75) is 52.7 Å². The zero-order valence-corrected chi connectivity index (χ0v) is 8.84. The van der Waals surface area contributed by atoms with Crippen LogP contribution in [0, 0.1) is 5.92 Å². The zero-order chi connectivity index (χ0) is 9.56. The van der Waals surface area contributed by atoms with Gasteiger partial charge in [-0.05, 0) is 19.8 Å². The normalized spacial score (nSPS) is 14.2. The maximum absolute atomic E-state index is 5.72.